The number of nitrogens with zero attached hydrogens (tertiary/aromatic N) is 4. The number of rotatable bonds is 5. The summed E-state index contributed by atoms with van der Waals surface area (Å²) in [6.07, 6.45) is 7.76. The van der Waals surface area contributed by atoms with Crippen molar-refractivity contribution in [3.05, 3.63) is 210 Å². The van der Waals surface area contributed by atoms with Gasteiger partial charge in [-0.15, -0.1) is 0 Å². The Morgan fingerprint density at radius 1 is 0.559 bits per heavy atom. The molecule has 1 atom stereocenters. The minimum Gasteiger partial charge on any atom is -0.311 e. The molecule has 0 fully saturated rings. The molecule has 59 heavy (non-hydrogen) atoms. The Morgan fingerprint density at radius 3 is 2.10 bits per heavy atom. The van der Waals surface area contributed by atoms with Gasteiger partial charge in [-0.05, 0) is 87.8 Å². The SMILES string of the molecule is CC1(C)c2ccccc2-c2cc(-c3cc(-c4cccc(-c5ccccc5)c4)nc(-n4c5ccccc5c5ccc6c(c54)N(c4ccccc4)C4=CC=CCC46)n3)ccc21. The third-order valence-electron chi connectivity index (χ3n) is 12.9. The first-order valence-corrected chi connectivity index (χ1v) is 20.6. The first kappa shape index (κ1) is 33.8. The highest BCUT2D eigenvalue weighted by Gasteiger charge is 2.38. The molecule has 9 aromatic rings. The van der Waals surface area contributed by atoms with E-state index >= 15 is 0 Å². The second-order valence-electron chi connectivity index (χ2n) is 16.5. The molecule has 12 rings (SSSR count). The van der Waals surface area contributed by atoms with E-state index in [9.17, 15) is 0 Å². The van der Waals surface area contributed by atoms with Gasteiger partial charge in [0, 0.05) is 44.6 Å². The lowest BCUT2D eigenvalue weighted by Crippen LogP contribution is -2.15. The van der Waals surface area contributed by atoms with Gasteiger partial charge < -0.3 is 4.90 Å². The molecule has 0 amide bonds. The molecule has 2 aliphatic carbocycles. The maximum Gasteiger partial charge on any atom is 0.235 e. The van der Waals surface area contributed by atoms with Crippen molar-refractivity contribution in [2.45, 2.75) is 31.6 Å². The summed E-state index contributed by atoms with van der Waals surface area (Å²) in [6.45, 7) is 4.67. The molecule has 2 aromatic heterocycles. The lowest BCUT2D eigenvalue weighted by atomic mass is 9.82. The van der Waals surface area contributed by atoms with E-state index in [4.69, 9.17) is 9.97 Å². The number of hydrogen-bond acceptors (Lipinski definition) is 3. The first-order valence-electron chi connectivity index (χ1n) is 20.6. The van der Waals surface area contributed by atoms with Crippen molar-refractivity contribution in [3.8, 4) is 50.7 Å². The van der Waals surface area contributed by atoms with Crippen LogP contribution in [0.5, 0.6) is 0 Å². The summed E-state index contributed by atoms with van der Waals surface area (Å²) in [5.74, 6) is 0.909. The smallest absolute Gasteiger partial charge is 0.235 e. The van der Waals surface area contributed by atoms with E-state index < -0.39 is 0 Å². The summed E-state index contributed by atoms with van der Waals surface area (Å²) >= 11 is 0. The molecule has 1 aliphatic heterocycles. The van der Waals surface area contributed by atoms with Crippen LogP contribution in [0.15, 0.2) is 194 Å². The lowest BCUT2D eigenvalue weighted by molar-refractivity contribution is 0.660. The van der Waals surface area contributed by atoms with E-state index in [0.29, 0.717) is 5.95 Å². The molecular formula is C55H40N4. The number of allylic oxidation sites excluding steroid dienone is 4. The highest BCUT2D eigenvalue weighted by atomic mass is 15.2. The largest absolute Gasteiger partial charge is 0.311 e. The van der Waals surface area contributed by atoms with Gasteiger partial charge in [0.2, 0.25) is 5.95 Å². The van der Waals surface area contributed by atoms with Gasteiger partial charge in [0.05, 0.1) is 28.1 Å². The molecule has 0 radical (unpaired) electrons. The van der Waals surface area contributed by atoms with Crippen LogP contribution in [0.4, 0.5) is 11.4 Å². The van der Waals surface area contributed by atoms with Gasteiger partial charge in [0.1, 0.15) is 0 Å². The zero-order chi connectivity index (χ0) is 39.2. The van der Waals surface area contributed by atoms with Gasteiger partial charge in [0.25, 0.3) is 0 Å². The number of fused-ring (bicyclic) bond motifs is 10. The molecule has 4 nitrogen and oxygen atoms in total. The lowest BCUT2D eigenvalue weighted by Gasteiger charge is -2.25. The molecule has 0 spiro atoms. The Bertz CT molecular complexity index is 3220. The maximum atomic E-state index is 5.59. The summed E-state index contributed by atoms with van der Waals surface area (Å²) in [5.41, 5.74) is 18.6. The van der Waals surface area contributed by atoms with E-state index in [1.165, 1.54) is 55.5 Å². The molecule has 0 saturated carbocycles. The monoisotopic (exact) mass is 756 g/mol. The molecule has 0 N–H and O–H groups in total. The van der Waals surface area contributed by atoms with Crippen molar-refractivity contribution in [2.24, 2.45) is 0 Å². The van der Waals surface area contributed by atoms with Gasteiger partial charge in [-0.1, -0.05) is 159 Å². The third kappa shape index (κ3) is 5.09. The fraction of sp³-hybridized carbons (Fsp3) is 0.0909. The molecule has 0 saturated heterocycles. The van der Waals surface area contributed by atoms with Crippen LogP contribution in [0.3, 0.4) is 0 Å². The maximum absolute atomic E-state index is 5.59. The summed E-state index contributed by atoms with van der Waals surface area (Å²) < 4.78 is 2.34. The normalized spacial score (nSPS) is 15.9. The standard InChI is InChI=1S/C55H40N4/c1-55(2)46-25-12-9-22-40(46)45-33-38(28-31-47(45)55)49-34-48(37-19-15-18-36(32-37)35-16-5-3-6-17-35)56-54(57-49)59-51-27-14-11-24-42(51)44-30-29-43-41-23-10-13-26-50(41)58(52(43)53(44)59)39-20-7-4-8-21-39/h3-22,24-34,41H,23H2,1-2H3. The van der Waals surface area contributed by atoms with Gasteiger partial charge in [-0.25, -0.2) is 9.97 Å². The molecule has 7 aromatic carbocycles. The quantitative estimate of drug-likeness (QED) is 0.175. The molecule has 1 unspecified atom stereocenters. The van der Waals surface area contributed by atoms with Crippen LogP contribution in [0.25, 0.3) is 72.5 Å². The molecule has 4 heteroatoms. The Morgan fingerprint density at radius 2 is 1.25 bits per heavy atom. The summed E-state index contributed by atoms with van der Waals surface area (Å²) in [7, 11) is 0. The zero-order valence-electron chi connectivity index (χ0n) is 33.0. The molecule has 0 bridgehead atoms. The van der Waals surface area contributed by atoms with Gasteiger partial charge in [0.15, 0.2) is 0 Å². The number of hydrogen-bond donors (Lipinski definition) is 0. The number of para-hydroxylation sites is 2. The van der Waals surface area contributed by atoms with E-state index in [1.54, 1.807) is 0 Å². The highest BCUT2D eigenvalue weighted by Crippen LogP contribution is 2.55. The number of benzene rings is 7. The Balaban J connectivity index is 1.15. The van der Waals surface area contributed by atoms with Crippen molar-refractivity contribution >= 4 is 33.2 Å². The predicted octanol–water partition coefficient (Wildman–Crippen LogP) is 14.0. The van der Waals surface area contributed by atoms with Crippen molar-refractivity contribution < 1.29 is 0 Å². The van der Waals surface area contributed by atoms with Crippen LogP contribution in [0, 0.1) is 0 Å². The van der Waals surface area contributed by atoms with Crippen LogP contribution in [-0.2, 0) is 5.41 Å². The van der Waals surface area contributed by atoms with Crippen LogP contribution in [-0.4, -0.2) is 14.5 Å². The van der Waals surface area contributed by atoms with Crippen molar-refractivity contribution in [1.82, 2.24) is 14.5 Å². The molecule has 3 aliphatic rings. The number of aromatic nitrogens is 3. The van der Waals surface area contributed by atoms with Gasteiger partial charge >= 0.3 is 0 Å². The van der Waals surface area contributed by atoms with Gasteiger partial charge in [-0.3, -0.25) is 4.57 Å². The summed E-state index contributed by atoms with van der Waals surface area (Å²) in [5, 5.41) is 2.36. The third-order valence-corrected chi connectivity index (χ3v) is 12.9. The second-order valence-corrected chi connectivity index (χ2v) is 16.5. The minimum atomic E-state index is -0.0829. The Hall–Kier alpha value is -7.30. The van der Waals surface area contributed by atoms with Crippen LogP contribution >= 0.6 is 0 Å². The van der Waals surface area contributed by atoms with Crippen LogP contribution < -0.4 is 4.90 Å². The summed E-state index contributed by atoms with van der Waals surface area (Å²) in [4.78, 5) is 13.6. The topological polar surface area (TPSA) is 34.0 Å². The minimum absolute atomic E-state index is 0.0829. The fourth-order valence-electron chi connectivity index (χ4n) is 10.1. The van der Waals surface area contributed by atoms with Crippen molar-refractivity contribution in [2.75, 3.05) is 4.90 Å². The van der Waals surface area contributed by atoms with E-state index in [2.05, 4.69) is 211 Å². The average molecular weight is 757 g/mol. The molecular weight excluding hydrogens is 717 g/mol. The molecule has 280 valence electrons. The Kier molecular flexibility index (Phi) is 7.37. The Labute approximate surface area is 344 Å². The molecule has 3 heterocycles. The predicted molar refractivity (Wildman–Crippen MR) is 243 cm³/mol. The average Bonchev–Trinajstić information content (AvgIpc) is 3.90. The number of anilines is 2. The second kappa shape index (κ2) is 12.9. The van der Waals surface area contributed by atoms with Crippen LogP contribution in [0.1, 0.15) is 42.9 Å². The first-order chi connectivity index (χ1) is 29.0. The van der Waals surface area contributed by atoms with Gasteiger partial charge in [-0.2, -0.15) is 0 Å². The fourth-order valence-corrected chi connectivity index (χ4v) is 10.1. The van der Waals surface area contributed by atoms with Crippen LogP contribution in [0.2, 0.25) is 0 Å². The van der Waals surface area contributed by atoms with E-state index in [0.717, 1.165) is 51.2 Å². The summed E-state index contributed by atoms with van der Waals surface area (Å²) in [6, 6.07) is 61.5. The van der Waals surface area contributed by atoms with Crippen molar-refractivity contribution in [1.29, 1.82) is 0 Å². The zero-order valence-corrected chi connectivity index (χ0v) is 33.0. The highest BCUT2D eigenvalue weighted by molar-refractivity contribution is 6.15. The van der Waals surface area contributed by atoms with E-state index in [1.807, 2.05) is 0 Å². The van der Waals surface area contributed by atoms with Crippen molar-refractivity contribution in [3.63, 3.8) is 0 Å². The van der Waals surface area contributed by atoms with E-state index in [-0.39, 0.29) is 11.3 Å².